The molecule has 0 saturated heterocycles. The molecular weight excluding hydrogens is 182 g/mol. The van der Waals surface area contributed by atoms with E-state index >= 15 is 0 Å². The van der Waals surface area contributed by atoms with Gasteiger partial charge in [-0.1, -0.05) is 0 Å². The number of rotatable bonds is 5. The van der Waals surface area contributed by atoms with Gasteiger partial charge in [-0.15, -0.1) is 0 Å². The second-order valence-electron chi connectivity index (χ2n) is 2.82. The Morgan fingerprint density at radius 1 is 1.29 bits per heavy atom. The van der Waals surface area contributed by atoms with Crippen LogP contribution in [0.2, 0.25) is 0 Å². The molecule has 0 spiro atoms. The molecule has 4 nitrogen and oxygen atoms in total. The van der Waals surface area contributed by atoms with E-state index in [2.05, 4.69) is 0 Å². The van der Waals surface area contributed by atoms with E-state index < -0.39 is 0 Å². The van der Waals surface area contributed by atoms with E-state index in [0.717, 1.165) is 13.1 Å². The third-order valence-corrected chi connectivity index (χ3v) is 2.05. The topological polar surface area (TPSA) is 50.5 Å². The lowest BCUT2D eigenvalue weighted by Crippen LogP contribution is -2.22. The van der Waals surface area contributed by atoms with Gasteiger partial charge in [0.2, 0.25) is 5.88 Å². The maximum atomic E-state index is 10.7. The number of carbonyl (C=O) groups excluding carboxylic acids is 2. The van der Waals surface area contributed by atoms with Crippen LogP contribution in [0.1, 0.15) is 34.8 Å². The normalized spacial score (nSPS) is 9.86. The highest BCUT2D eigenvalue weighted by Crippen LogP contribution is 2.22. The van der Waals surface area contributed by atoms with E-state index in [1.54, 1.807) is 0 Å². The van der Waals surface area contributed by atoms with Crippen LogP contribution >= 0.6 is 0 Å². The zero-order chi connectivity index (χ0) is 10.6. The summed E-state index contributed by atoms with van der Waals surface area (Å²) in [4.78, 5) is 23.0. The van der Waals surface area contributed by atoms with Gasteiger partial charge in [-0.2, -0.15) is 0 Å². The summed E-state index contributed by atoms with van der Waals surface area (Å²) in [6, 6.07) is 1.45. The van der Waals surface area contributed by atoms with Gasteiger partial charge in [-0.25, -0.2) is 0 Å². The number of nitrogens with zero attached hydrogens (tertiary/aromatic N) is 1. The molecule has 1 rings (SSSR count). The van der Waals surface area contributed by atoms with Crippen LogP contribution in [0.25, 0.3) is 0 Å². The van der Waals surface area contributed by atoms with Crippen molar-refractivity contribution in [2.24, 2.45) is 0 Å². The van der Waals surface area contributed by atoms with Crippen molar-refractivity contribution in [3.8, 4) is 0 Å². The van der Waals surface area contributed by atoms with Crippen LogP contribution < -0.4 is 4.90 Å². The molecule has 0 aliphatic carbocycles. The minimum atomic E-state index is 0.189. The first-order valence-corrected chi connectivity index (χ1v) is 4.55. The minimum Gasteiger partial charge on any atom is -0.437 e. The summed E-state index contributed by atoms with van der Waals surface area (Å²) in [5, 5.41) is 0. The second-order valence-corrected chi connectivity index (χ2v) is 2.82. The predicted octanol–water partition coefficient (Wildman–Crippen LogP) is 1.75. The summed E-state index contributed by atoms with van der Waals surface area (Å²) in [7, 11) is 0. The SMILES string of the molecule is CCN(CC)c1oc(C=O)cc1C=O. The van der Waals surface area contributed by atoms with E-state index in [1.165, 1.54) is 6.07 Å². The second kappa shape index (κ2) is 4.60. The molecule has 0 bridgehead atoms. The van der Waals surface area contributed by atoms with E-state index in [0.29, 0.717) is 24.0 Å². The molecule has 14 heavy (non-hydrogen) atoms. The first-order chi connectivity index (χ1) is 6.76. The molecule has 4 heteroatoms. The molecule has 76 valence electrons. The largest absolute Gasteiger partial charge is 0.437 e. The fourth-order valence-corrected chi connectivity index (χ4v) is 1.32. The van der Waals surface area contributed by atoms with Crippen molar-refractivity contribution in [1.29, 1.82) is 0 Å². The lowest BCUT2D eigenvalue weighted by Gasteiger charge is -2.17. The van der Waals surface area contributed by atoms with E-state index in [4.69, 9.17) is 4.42 Å². The zero-order valence-electron chi connectivity index (χ0n) is 8.32. The van der Waals surface area contributed by atoms with Gasteiger partial charge in [-0.05, 0) is 13.8 Å². The van der Waals surface area contributed by atoms with Crippen molar-refractivity contribution in [1.82, 2.24) is 0 Å². The standard InChI is InChI=1S/C10H13NO3/c1-3-11(4-2)10-8(6-12)5-9(7-13)14-10/h5-7H,3-4H2,1-2H3. The van der Waals surface area contributed by atoms with Crippen LogP contribution in [-0.2, 0) is 0 Å². The van der Waals surface area contributed by atoms with Crippen LogP contribution in [0.4, 0.5) is 5.88 Å². The summed E-state index contributed by atoms with van der Waals surface area (Å²) >= 11 is 0. The lowest BCUT2D eigenvalue weighted by atomic mass is 10.3. The summed E-state index contributed by atoms with van der Waals surface area (Å²) in [6.07, 6.45) is 1.30. The first-order valence-electron chi connectivity index (χ1n) is 4.55. The van der Waals surface area contributed by atoms with Gasteiger partial charge < -0.3 is 9.32 Å². The average molecular weight is 195 g/mol. The minimum absolute atomic E-state index is 0.189. The van der Waals surface area contributed by atoms with Gasteiger partial charge in [0.1, 0.15) is 0 Å². The van der Waals surface area contributed by atoms with E-state index in [1.807, 2.05) is 18.7 Å². The fourth-order valence-electron chi connectivity index (χ4n) is 1.32. The van der Waals surface area contributed by atoms with Gasteiger partial charge in [0.25, 0.3) is 0 Å². The Kier molecular flexibility index (Phi) is 3.45. The van der Waals surface area contributed by atoms with Crippen molar-refractivity contribution in [3.05, 3.63) is 17.4 Å². The molecule has 0 unspecified atom stereocenters. The number of furan rings is 1. The Balaban J connectivity index is 3.09. The summed E-state index contributed by atoms with van der Waals surface area (Å²) in [6.45, 7) is 5.40. The number of hydrogen-bond acceptors (Lipinski definition) is 4. The van der Waals surface area contributed by atoms with Gasteiger partial charge in [0, 0.05) is 19.2 Å². The van der Waals surface area contributed by atoms with Gasteiger partial charge in [0.15, 0.2) is 18.3 Å². The molecular formula is C10H13NO3. The summed E-state index contributed by atoms with van der Waals surface area (Å²) in [5.41, 5.74) is 0.427. The maximum Gasteiger partial charge on any atom is 0.206 e. The summed E-state index contributed by atoms with van der Waals surface area (Å²) < 4.78 is 5.23. The molecule has 0 radical (unpaired) electrons. The molecule has 0 N–H and O–H groups in total. The highest BCUT2D eigenvalue weighted by atomic mass is 16.4. The van der Waals surface area contributed by atoms with Crippen LogP contribution in [0, 0.1) is 0 Å². The molecule has 0 amide bonds. The van der Waals surface area contributed by atoms with Crippen molar-refractivity contribution in [3.63, 3.8) is 0 Å². The quantitative estimate of drug-likeness (QED) is 0.671. The molecule has 0 aromatic carbocycles. The molecule has 0 saturated carbocycles. The molecule has 1 heterocycles. The fraction of sp³-hybridized carbons (Fsp3) is 0.400. The van der Waals surface area contributed by atoms with Crippen LogP contribution in [0.15, 0.2) is 10.5 Å². The van der Waals surface area contributed by atoms with Gasteiger partial charge in [-0.3, -0.25) is 9.59 Å². The van der Waals surface area contributed by atoms with Crippen LogP contribution in [0.3, 0.4) is 0 Å². The number of hydrogen-bond donors (Lipinski definition) is 0. The zero-order valence-corrected chi connectivity index (χ0v) is 8.32. The van der Waals surface area contributed by atoms with E-state index in [-0.39, 0.29) is 5.76 Å². The molecule has 0 aliphatic rings. The molecule has 1 aromatic heterocycles. The molecule has 0 aliphatic heterocycles. The Morgan fingerprint density at radius 2 is 1.93 bits per heavy atom. The van der Waals surface area contributed by atoms with Crippen molar-refractivity contribution < 1.29 is 14.0 Å². The Labute approximate surface area is 82.5 Å². The monoisotopic (exact) mass is 195 g/mol. The third kappa shape index (κ3) is 1.84. The van der Waals surface area contributed by atoms with Crippen LogP contribution in [-0.4, -0.2) is 25.7 Å². The Morgan fingerprint density at radius 3 is 2.36 bits per heavy atom. The van der Waals surface area contributed by atoms with Gasteiger partial charge >= 0.3 is 0 Å². The molecule has 1 aromatic rings. The number of anilines is 1. The maximum absolute atomic E-state index is 10.7. The molecule has 0 atom stereocenters. The Bertz CT molecular complexity index is 326. The van der Waals surface area contributed by atoms with Gasteiger partial charge in [0.05, 0.1) is 5.56 Å². The predicted molar refractivity (Wildman–Crippen MR) is 53.0 cm³/mol. The highest BCUT2D eigenvalue weighted by molar-refractivity contribution is 5.86. The lowest BCUT2D eigenvalue weighted by molar-refractivity contribution is 0.109. The van der Waals surface area contributed by atoms with E-state index in [9.17, 15) is 9.59 Å². The van der Waals surface area contributed by atoms with Crippen LogP contribution in [0.5, 0.6) is 0 Å². The number of aldehydes is 2. The highest BCUT2D eigenvalue weighted by Gasteiger charge is 2.14. The average Bonchev–Trinajstić information content (AvgIpc) is 2.63. The summed E-state index contributed by atoms with van der Waals surface area (Å²) in [5.74, 6) is 0.668. The number of carbonyl (C=O) groups is 2. The first kappa shape index (κ1) is 10.5. The third-order valence-electron chi connectivity index (χ3n) is 2.05. The van der Waals surface area contributed by atoms with Crippen molar-refractivity contribution in [2.45, 2.75) is 13.8 Å². The Hall–Kier alpha value is -1.58. The van der Waals surface area contributed by atoms with Crippen molar-refractivity contribution >= 4 is 18.5 Å². The molecule has 0 fully saturated rings. The smallest absolute Gasteiger partial charge is 0.206 e. The van der Waals surface area contributed by atoms with Crippen molar-refractivity contribution in [2.75, 3.05) is 18.0 Å².